The van der Waals surface area contributed by atoms with Gasteiger partial charge in [0.25, 0.3) is 0 Å². The lowest BCUT2D eigenvalue weighted by atomic mass is 10.1. The minimum absolute atomic E-state index is 0.0000660. The molecule has 8 heteroatoms. The maximum Gasteiger partial charge on any atom is 0.336 e. The van der Waals surface area contributed by atoms with Crippen LogP contribution in [-0.2, 0) is 6.54 Å². The Morgan fingerprint density at radius 1 is 1.16 bits per heavy atom. The third kappa shape index (κ3) is 2.97. The summed E-state index contributed by atoms with van der Waals surface area (Å²) in [6.07, 6.45) is 0. The molecule has 0 aliphatic carbocycles. The number of hydrogen-bond donors (Lipinski definition) is 1. The van der Waals surface area contributed by atoms with Gasteiger partial charge in [-0.1, -0.05) is 12.1 Å². The van der Waals surface area contributed by atoms with Crippen LogP contribution in [0.15, 0.2) is 57.7 Å². The molecule has 0 fully saturated rings. The first-order valence-corrected chi connectivity index (χ1v) is 7.38. The van der Waals surface area contributed by atoms with Gasteiger partial charge in [0.1, 0.15) is 17.1 Å². The first-order valence-electron chi connectivity index (χ1n) is 7.38. The first kappa shape index (κ1) is 15.0. The van der Waals surface area contributed by atoms with Crippen molar-refractivity contribution in [1.29, 1.82) is 0 Å². The number of aromatic nitrogens is 4. The number of nitrogens with zero attached hydrogens (tertiary/aromatic N) is 4. The van der Waals surface area contributed by atoms with E-state index in [0.717, 1.165) is 0 Å². The minimum atomic E-state index is -0.543. The molecule has 0 bridgehead atoms. The van der Waals surface area contributed by atoms with E-state index in [1.807, 2.05) is 0 Å². The lowest BCUT2D eigenvalue weighted by Crippen LogP contribution is -2.08. The van der Waals surface area contributed by atoms with Crippen molar-refractivity contribution >= 4 is 11.0 Å². The largest absolute Gasteiger partial charge is 0.508 e. The summed E-state index contributed by atoms with van der Waals surface area (Å²) in [6, 6.07) is 11.7. The second-order valence-corrected chi connectivity index (χ2v) is 5.42. The zero-order chi connectivity index (χ0) is 17.4. The highest BCUT2D eigenvalue weighted by Gasteiger charge is 2.11. The summed E-state index contributed by atoms with van der Waals surface area (Å²) < 4.78 is 18.4. The van der Waals surface area contributed by atoms with Crippen LogP contribution in [0.25, 0.3) is 22.4 Å². The molecule has 0 saturated heterocycles. The zero-order valence-electron chi connectivity index (χ0n) is 12.8. The van der Waals surface area contributed by atoms with E-state index in [0.29, 0.717) is 16.5 Å². The van der Waals surface area contributed by atoms with Crippen LogP contribution in [0.1, 0.15) is 5.56 Å². The van der Waals surface area contributed by atoms with Crippen molar-refractivity contribution in [3.63, 3.8) is 0 Å². The Balaban J connectivity index is 1.72. The molecule has 2 aromatic heterocycles. The number of benzene rings is 2. The van der Waals surface area contributed by atoms with E-state index in [4.69, 9.17) is 4.42 Å². The van der Waals surface area contributed by atoms with Gasteiger partial charge < -0.3 is 9.52 Å². The van der Waals surface area contributed by atoms with Gasteiger partial charge >= 0.3 is 5.63 Å². The van der Waals surface area contributed by atoms with Crippen LogP contribution in [0.2, 0.25) is 0 Å². The molecule has 124 valence electrons. The molecule has 0 radical (unpaired) electrons. The summed E-state index contributed by atoms with van der Waals surface area (Å²) >= 11 is 0. The molecule has 0 aliphatic rings. The van der Waals surface area contributed by atoms with E-state index in [2.05, 4.69) is 15.4 Å². The van der Waals surface area contributed by atoms with Crippen molar-refractivity contribution in [2.24, 2.45) is 0 Å². The second kappa shape index (κ2) is 5.82. The number of phenols is 1. The summed E-state index contributed by atoms with van der Waals surface area (Å²) in [5.41, 5.74) is 0.856. The monoisotopic (exact) mass is 338 g/mol. The Kier molecular flexibility index (Phi) is 3.50. The van der Waals surface area contributed by atoms with Crippen molar-refractivity contribution in [1.82, 2.24) is 20.2 Å². The van der Waals surface area contributed by atoms with E-state index in [-0.39, 0.29) is 29.5 Å². The summed E-state index contributed by atoms with van der Waals surface area (Å²) in [5, 5.41) is 22.2. The summed E-state index contributed by atoms with van der Waals surface area (Å²) in [4.78, 5) is 13.0. The standard InChI is InChI=1S/C17H11FN4O3/c18-12-3-1-2-10(6-12)17-19-21-22(20-17)9-11-7-16(24)25-15-8-13(23)4-5-14(11)15/h1-8,23H,9H2. The molecule has 0 aliphatic heterocycles. The van der Waals surface area contributed by atoms with E-state index in [9.17, 15) is 14.3 Å². The van der Waals surface area contributed by atoms with Gasteiger partial charge in [-0.15, -0.1) is 10.2 Å². The molecule has 0 spiro atoms. The highest BCUT2D eigenvalue weighted by molar-refractivity contribution is 5.81. The number of tetrazole rings is 1. The van der Waals surface area contributed by atoms with Gasteiger partial charge in [-0.25, -0.2) is 9.18 Å². The number of rotatable bonds is 3. The number of fused-ring (bicyclic) bond motifs is 1. The smallest absolute Gasteiger partial charge is 0.336 e. The average molecular weight is 338 g/mol. The molecule has 2 heterocycles. The predicted octanol–water partition coefficient (Wildman–Crippen LogP) is 2.34. The number of halogens is 1. The minimum Gasteiger partial charge on any atom is -0.508 e. The SMILES string of the molecule is O=c1cc(Cn2nnc(-c3cccc(F)c3)n2)c2ccc(O)cc2o1. The Labute approximate surface area is 140 Å². The highest BCUT2D eigenvalue weighted by Crippen LogP contribution is 2.22. The van der Waals surface area contributed by atoms with Crippen molar-refractivity contribution in [3.8, 4) is 17.1 Å². The quantitative estimate of drug-likeness (QED) is 0.576. The fraction of sp³-hybridized carbons (Fsp3) is 0.0588. The van der Waals surface area contributed by atoms with Crippen LogP contribution in [0.4, 0.5) is 4.39 Å². The van der Waals surface area contributed by atoms with Crippen LogP contribution >= 0.6 is 0 Å². The fourth-order valence-corrected chi connectivity index (χ4v) is 2.56. The normalized spacial score (nSPS) is 11.1. The van der Waals surface area contributed by atoms with E-state index >= 15 is 0 Å². The first-order chi connectivity index (χ1) is 12.1. The molecular weight excluding hydrogens is 327 g/mol. The molecule has 4 rings (SSSR count). The Morgan fingerprint density at radius 3 is 2.88 bits per heavy atom. The number of phenolic OH excluding ortho intramolecular Hbond substituents is 1. The molecule has 2 aromatic carbocycles. The van der Waals surface area contributed by atoms with Crippen molar-refractivity contribution in [3.05, 3.63) is 70.3 Å². The van der Waals surface area contributed by atoms with Crippen molar-refractivity contribution < 1.29 is 13.9 Å². The lowest BCUT2D eigenvalue weighted by molar-refractivity contribution is 0.473. The maximum absolute atomic E-state index is 13.3. The number of hydrogen-bond acceptors (Lipinski definition) is 6. The summed E-state index contributed by atoms with van der Waals surface area (Å²) in [6.45, 7) is 0.176. The van der Waals surface area contributed by atoms with Gasteiger partial charge in [-0.2, -0.15) is 4.80 Å². The van der Waals surface area contributed by atoms with E-state index < -0.39 is 5.63 Å². The van der Waals surface area contributed by atoms with Crippen molar-refractivity contribution in [2.75, 3.05) is 0 Å². The van der Waals surface area contributed by atoms with Gasteiger partial charge in [0.2, 0.25) is 5.82 Å². The summed E-state index contributed by atoms with van der Waals surface area (Å²) in [5.74, 6) is -0.107. The van der Waals surface area contributed by atoms with Crippen LogP contribution in [0.5, 0.6) is 5.75 Å². The molecule has 4 aromatic rings. The fourth-order valence-electron chi connectivity index (χ4n) is 2.56. The average Bonchev–Trinajstić information content (AvgIpc) is 3.03. The third-order valence-electron chi connectivity index (χ3n) is 3.66. The van der Waals surface area contributed by atoms with Gasteiger partial charge in [0, 0.05) is 23.1 Å². The van der Waals surface area contributed by atoms with Crippen LogP contribution < -0.4 is 5.63 Å². The highest BCUT2D eigenvalue weighted by atomic mass is 19.1. The second-order valence-electron chi connectivity index (χ2n) is 5.42. The molecule has 0 unspecified atom stereocenters. The molecule has 0 atom stereocenters. The molecular formula is C17H11FN4O3. The zero-order valence-corrected chi connectivity index (χ0v) is 12.8. The van der Waals surface area contributed by atoms with E-state index in [1.54, 1.807) is 18.2 Å². The summed E-state index contributed by atoms with van der Waals surface area (Å²) in [7, 11) is 0. The van der Waals surface area contributed by atoms with Gasteiger partial charge in [0.05, 0.1) is 6.54 Å². The van der Waals surface area contributed by atoms with Crippen LogP contribution in [0.3, 0.4) is 0 Å². The molecule has 1 N–H and O–H groups in total. The maximum atomic E-state index is 13.3. The number of aromatic hydroxyl groups is 1. The van der Waals surface area contributed by atoms with Crippen LogP contribution in [-0.4, -0.2) is 25.3 Å². The topological polar surface area (TPSA) is 94.0 Å². The van der Waals surface area contributed by atoms with Crippen LogP contribution in [0, 0.1) is 5.82 Å². The predicted molar refractivity (Wildman–Crippen MR) is 86.5 cm³/mol. The Morgan fingerprint density at radius 2 is 2.04 bits per heavy atom. The van der Waals surface area contributed by atoms with Gasteiger partial charge in [-0.05, 0) is 35.0 Å². The van der Waals surface area contributed by atoms with Gasteiger partial charge in [0.15, 0.2) is 0 Å². The van der Waals surface area contributed by atoms with Gasteiger partial charge in [-0.3, -0.25) is 0 Å². The molecule has 0 amide bonds. The Bertz CT molecular complexity index is 1140. The Hall–Kier alpha value is -3.55. The molecule has 0 saturated carbocycles. The van der Waals surface area contributed by atoms with Crippen molar-refractivity contribution in [2.45, 2.75) is 6.54 Å². The molecule has 7 nitrogen and oxygen atoms in total. The van der Waals surface area contributed by atoms with E-state index in [1.165, 1.54) is 35.1 Å². The lowest BCUT2D eigenvalue weighted by Gasteiger charge is -2.04. The molecule has 25 heavy (non-hydrogen) atoms. The third-order valence-corrected chi connectivity index (χ3v) is 3.66.